The van der Waals surface area contributed by atoms with Crippen molar-refractivity contribution in [1.82, 2.24) is 4.57 Å². The average Bonchev–Trinajstić information content (AvgIpc) is 3.60. The first-order valence-corrected chi connectivity index (χ1v) is 18.9. The van der Waals surface area contributed by atoms with Crippen molar-refractivity contribution in [3.63, 3.8) is 0 Å². The first-order valence-electron chi connectivity index (χ1n) is 18.9. The van der Waals surface area contributed by atoms with E-state index in [1.807, 2.05) is 12.1 Å². The summed E-state index contributed by atoms with van der Waals surface area (Å²) in [7, 11) is 0. The van der Waals surface area contributed by atoms with Crippen LogP contribution in [0.2, 0.25) is 0 Å². The lowest BCUT2D eigenvalue weighted by atomic mass is 9.89. The Morgan fingerprint density at radius 3 is 1.50 bits per heavy atom. The van der Waals surface area contributed by atoms with Gasteiger partial charge in [0.05, 0.1) is 11.0 Å². The van der Waals surface area contributed by atoms with E-state index in [0.717, 1.165) is 39.1 Å². The van der Waals surface area contributed by atoms with Crippen molar-refractivity contribution in [2.45, 2.75) is 0 Å². The molecule has 0 unspecified atom stereocenters. The molecule has 10 rings (SSSR count). The molecule has 264 valence electrons. The number of benzene rings is 9. The lowest BCUT2D eigenvalue weighted by Crippen LogP contribution is -1.96. The van der Waals surface area contributed by atoms with Gasteiger partial charge in [-0.05, 0) is 109 Å². The SMILES string of the molecule is N=C(O)c1ccc(-c2ccccc2-c2ccccc2-c2ccc(-n3c4ccccc4c4cc(-c5ccc(-c6cccc7ccccc67)cc5)ccc43)cc2)cc1. The Balaban J connectivity index is 1.00. The lowest BCUT2D eigenvalue weighted by Gasteiger charge is -2.16. The van der Waals surface area contributed by atoms with Gasteiger partial charge >= 0.3 is 0 Å². The van der Waals surface area contributed by atoms with Crippen LogP contribution >= 0.6 is 0 Å². The lowest BCUT2D eigenvalue weighted by molar-refractivity contribution is 0.549. The van der Waals surface area contributed by atoms with Gasteiger partial charge in [-0.1, -0.05) is 164 Å². The molecule has 0 bridgehead atoms. The normalized spacial score (nSPS) is 11.4. The summed E-state index contributed by atoms with van der Waals surface area (Å²) in [5.41, 5.74) is 15.5. The molecule has 3 heteroatoms. The highest BCUT2D eigenvalue weighted by atomic mass is 16.3. The third-order valence-electron chi connectivity index (χ3n) is 11.0. The van der Waals surface area contributed by atoms with Crippen molar-refractivity contribution < 1.29 is 5.11 Å². The predicted octanol–water partition coefficient (Wildman–Crippen LogP) is 14.2. The molecule has 0 aliphatic heterocycles. The van der Waals surface area contributed by atoms with Crippen molar-refractivity contribution in [2.75, 3.05) is 0 Å². The zero-order valence-electron chi connectivity index (χ0n) is 30.5. The summed E-state index contributed by atoms with van der Waals surface area (Å²) in [6, 6.07) is 73.0. The van der Waals surface area contributed by atoms with Gasteiger partial charge in [0, 0.05) is 22.0 Å². The van der Waals surface area contributed by atoms with Crippen LogP contribution in [0, 0.1) is 5.41 Å². The summed E-state index contributed by atoms with van der Waals surface area (Å²) < 4.78 is 2.37. The summed E-state index contributed by atoms with van der Waals surface area (Å²) in [5, 5.41) is 22.2. The number of aromatic nitrogens is 1. The first-order chi connectivity index (χ1) is 27.6. The van der Waals surface area contributed by atoms with Gasteiger partial charge in [0.15, 0.2) is 0 Å². The number of fused-ring (bicyclic) bond motifs is 4. The molecule has 56 heavy (non-hydrogen) atoms. The Kier molecular flexibility index (Phi) is 8.12. The van der Waals surface area contributed by atoms with Crippen LogP contribution in [0.15, 0.2) is 206 Å². The second kappa shape index (κ2) is 13.7. The van der Waals surface area contributed by atoms with Crippen LogP contribution in [0.1, 0.15) is 5.56 Å². The fourth-order valence-electron chi connectivity index (χ4n) is 8.29. The number of nitrogens with one attached hydrogen (secondary N) is 1. The van der Waals surface area contributed by atoms with E-state index in [9.17, 15) is 5.11 Å². The molecule has 0 saturated carbocycles. The van der Waals surface area contributed by atoms with Crippen LogP contribution in [0.4, 0.5) is 0 Å². The molecule has 0 atom stereocenters. The maximum absolute atomic E-state index is 9.66. The standard InChI is InChI=1S/C53H36N2O/c54-53(56)40-26-24-38(25-27-40)45-13-3-5-15-47(45)48-16-6-4-14-46(48)39-28-31-42(32-29-39)55-51-19-8-7-17-49(51)50-34-41(30-33-52(50)55)35-20-22-37(23-21-35)44-18-9-11-36-10-1-2-12-43(36)44/h1-34H,(H2,54,56). The van der Waals surface area contributed by atoms with E-state index >= 15 is 0 Å². The Bertz CT molecular complexity index is 3080. The molecule has 0 fully saturated rings. The van der Waals surface area contributed by atoms with Gasteiger partial charge in [-0.25, -0.2) is 0 Å². The molecule has 1 aromatic heterocycles. The zero-order valence-corrected chi connectivity index (χ0v) is 30.5. The van der Waals surface area contributed by atoms with Crippen molar-refractivity contribution in [1.29, 1.82) is 5.41 Å². The molecular weight excluding hydrogens is 681 g/mol. The molecule has 0 aliphatic rings. The summed E-state index contributed by atoms with van der Waals surface area (Å²) in [4.78, 5) is 0. The van der Waals surface area contributed by atoms with E-state index in [0.29, 0.717) is 5.56 Å². The van der Waals surface area contributed by atoms with Gasteiger partial charge in [0.25, 0.3) is 0 Å². The van der Waals surface area contributed by atoms with Gasteiger partial charge in [-0.3, -0.25) is 5.41 Å². The Hall–Kier alpha value is -7.49. The molecular formula is C53H36N2O. The Morgan fingerprint density at radius 2 is 0.821 bits per heavy atom. The molecule has 0 radical (unpaired) electrons. The molecule has 3 nitrogen and oxygen atoms in total. The quantitative estimate of drug-likeness (QED) is 0.125. The molecule has 1 heterocycles. The van der Waals surface area contributed by atoms with Crippen molar-refractivity contribution in [3.8, 4) is 61.3 Å². The highest BCUT2D eigenvalue weighted by molar-refractivity contribution is 6.10. The molecule has 9 aromatic carbocycles. The number of para-hydroxylation sites is 1. The number of nitrogens with zero attached hydrogens (tertiary/aromatic N) is 1. The van der Waals surface area contributed by atoms with Gasteiger partial charge in [-0.15, -0.1) is 0 Å². The molecule has 10 aromatic rings. The van der Waals surface area contributed by atoms with Crippen LogP contribution in [0.3, 0.4) is 0 Å². The maximum atomic E-state index is 9.66. The molecule has 2 N–H and O–H groups in total. The number of hydrogen-bond donors (Lipinski definition) is 2. The minimum atomic E-state index is -0.427. The third kappa shape index (κ3) is 5.74. The Morgan fingerprint density at radius 1 is 0.357 bits per heavy atom. The van der Waals surface area contributed by atoms with E-state index in [1.165, 1.54) is 54.8 Å². The van der Waals surface area contributed by atoms with Crippen molar-refractivity contribution >= 4 is 38.5 Å². The van der Waals surface area contributed by atoms with Gasteiger partial charge in [0.1, 0.15) is 0 Å². The van der Waals surface area contributed by atoms with E-state index in [4.69, 9.17) is 5.41 Å². The monoisotopic (exact) mass is 716 g/mol. The van der Waals surface area contributed by atoms with Crippen LogP contribution in [0.25, 0.3) is 93.9 Å². The van der Waals surface area contributed by atoms with E-state index in [-0.39, 0.29) is 0 Å². The highest BCUT2D eigenvalue weighted by Gasteiger charge is 2.16. The Labute approximate surface area is 325 Å². The number of aliphatic hydroxyl groups is 1. The zero-order chi connectivity index (χ0) is 37.6. The number of aliphatic hydroxyl groups excluding tert-OH is 1. The number of rotatable bonds is 7. The topological polar surface area (TPSA) is 49.0 Å². The summed E-state index contributed by atoms with van der Waals surface area (Å²) in [5.74, 6) is -0.427. The van der Waals surface area contributed by atoms with Crippen LogP contribution in [-0.4, -0.2) is 15.6 Å². The maximum Gasteiger partial charge on any atom is 0.210 e. The molecule has 0 amide bonds. The van der Waals surface area contributed by atoms with Crippen molar-refractivity contribution in [2.24, 2.45) is 0 Å². The van der Waals surface area contributed by atoms with Crippen LogP contribution in [0.5, 0.6) is 0 Å². The smallest absolute Gasteiger partial charge is 0.210 e. The highest BCUT2D eigenvalue weighted by Crippen LogP contribution is 2.40. The first kappa shape index (κ1) is 33.1. The van der Waals surface area contributed by atoms with Crippen LogP contribution in [-0.2, 0) is 0 Å². The summed E-state index contributed by atoms with van der Waals surface area (Å²) >= 11 is 0. The largest absolute Gasteiger partial charge is 0.493 e. The van der Waals surface area contributed by atoms with E-state index in [2.05, 4.69) is 187 Å². The van der Waals surface area contributed by atoms with E-state index < -0.39 is 5.90 Å². The second-order valence-corrected chi connectivity index (χ2v) is 14.3. The number of hydrogen-bond acceptors (Lipinski definition) is 1. The minimum absolute atomic E-state index is 0.427. The fraction of sp³-hybridized carbons (Fsp3) is 0. The summed E-state index contributed by atoms with van der Waals surface area (Å²) in [6.07, 6.45) is 0. The van der Waals surface area contributed by atoms with Gasteiger partial charge in [0.2, 0.25) is 5.90 Å². The van der Waals surface area contributed by atoms with Crippen molar-refractivity contribution in [3.05, 3.63) is 212 Å². The average molecular weight is 717 g/mol. The molecule has 0 spiro atoms. The summed E-state index contributed by atoms with van der Waals surface area (Å²) in [6.45, 7) is 0. The van der Waals surface area contributed by atoms with E-state index in [1.54, 1.807) is 12.1 Å². The van der Waals surface area contributed by atoms with Crippen LogP contribution < -0.4 is 0 Å². The third-order valence-corrected chi connectivity index (χ3v) is 11.0. The molecule has 0 aliphatic carbocycles. The predicted molar refractivity (Wildman–Crippen MR) is 235 cm³/mol. The fourth-order valence-corrected chi connectivity index (χ4v) is 8.29. The molecule has 0 saturated heterocycles. The van der Waals surface area contributed by atoms with Gasteiger partial charge in [-0.2, -0.15) is 0 Å². The van der Waals surface area contributed by atoms with Gasteiger partial charge < -0.3 is 9.67 Å². The minimum Gasteiger partial charge on any atom is -0.493 e. The second-order valence-electron chi connectivity index (χ2n) is 14.3.